The molecule has 1 aliphatic carbocycles. The van der Waals surface area contributed by atoms with Crippen LogP contribution in [-0.2, 0) is 0 Å². The first-order chi connectivity index (χ1) is 7.27. The zero-order valence-corrected chi connectivity index (χ0v) is 9.27. The fraction of sp³-hybridized carbons (Fsp3) is 0.462. The molecular formula is C13H16N2. The van der Waals surface area contributed by atoms with Crippen molar-refractivity contribution in [2.24, 2.45) is 0 Å². The molecule has 15 heavy (non-hydrogen) atoms. The fourth-order valence-electron chi connectivity index (χ4n) is 2.14. The number of rotatable bonds is 2. The van der Waals surface area contributed by atoms with E-state index in [1.54, 1.807) is 0 Å². The third-order valence-corrected chi connectivity index (χ3v) is 3.08. The van der Waals surface area contributed by atoms with Gasteiger partial charge < -0.3 is 0 Å². The summed E-state index contributed by atoms with van der Waals surface area (Å²) < 4.78 is 2.23. The van der Waals surface area contributed by atoms with E-state index in [1.165, 1.54) is 29.4 Å². The number of fused-ring (bicyclic) bond motifs is 1. The molecule has 0 saturated heterocycles. The number of hydrogen-bond donors (Lipinski definition) is 0. The lowest BCUT2D eigenvalue weighted by Gasteiger charge is -1.99. The predicted octanol–water partition coefficient (Wildman–Crippen LogP) is 3.49. The van der Waals surface area contributed by atoms with Crippen molar-refractivity contribution >= 4 is 10.9 Å². The third kappa shape index (κ3) is 1.36. The molecule has 2 nitrogen and oxygen atoms in total. The van der Waals surface area contributed by atoms with Crippen LogP contribution in [0, 0.1) is 0 Å². The Balaban J connectivity index is 2.27. The van der Waals surface area contributed by atoms with E-state index < -0.39 is 0 Å². The van der Waals surface area contributed by atoms with Crippen molar-refractivity contribution < 1.29 is 0 Å². The quantitative estimate of drug-likeness (QED) is 0.725. The zero-order chi connectivity index (χ0) is 10.4. The van der Waals surface area contributed by atoms with Gasteiger partial charge >= 0.3 is 0 Å². The highest BCUT2D eigenvalue weighted by Crippen LogP contribution is 2.38. The lowest BCUT2D eigenvalue weighted by Crippen LogP contribution is -1.97. The highest BCUT2D eigenvalue weighted by molar-refractivity contribution is 5.82. The Morgan fingerprint density at radius 2 is 2.00 bits per heavy atom. The fourth-order valence-corrected chi connectivity index (χ4v) is 2.14. The van der Waals surface area contributed by atoms with Crippen molar-refractivity contribution in [3.63, 3.8) is 0 Å². The largest absolute Gasteiger partial charge is 0.262 e. The van der Waals surface area contributed by atoms with E-state index in [2.05, 4.69) is 42.8 Å². The van der Waals surface area contributed by atoms with Crippen molar-refractivity contribution in [3.8, 4) is 0 Å². The summed E-state index contributed by atoms with van der Waals surface area (Å²) in [5.41, 5.74) is 2.56. The van der Waals surface area contributed by atoms with Gasteiger partial charge in [0.2, 0.25) is 0 Å². The van der Waals surface area contributed by atoms with Crippen LogP contribution in [0.15, 0.2) is 24.3 Å². The van der Waals surface area contributed by atoms with Gasteiger partial charge in [-0.1, -0.05) is 32.0 Å². The average Bonchev–Trinajstić information content (AvgIpc) is 2.99. The van der Waals surface area contributed by atoms with E-state index in [9.17, 15) is 0 Å². The van der Waals surface area contributed by atoms with Crippen LogP contribution in [0.4, 0.5) is 0 Å². The zero-order valence-electron chi connectivity index (χ0n) is 9.27. The monoisotopic (exact) mass is 200 g/mol. The van der Waals surface area contributed by atoms with E-state index in [-0.39, 0.29) is 0 Å². The van der Waals surface area contributed by atoms with Gasteiger partial charge in [0.15, 0.2) is 0 Å². The molecule has 2 heteroatoms. The Morgan fingerprint density at radius 3 is 2.67 bits per heavy atom. The maximum Gasteiger partial charge on any atom is 0.0728 e. The van der Waals surface area contributed by atoms with Crippen LogP contribution in [0.3, 0.4) is 0 Å². The molecule has 1 aromatic heterocycles. The summed E-state index contributed by atoms with van der Waals surface area (Å²) in [6.07, 6.45) is 2.59. The molecule has 0 atom stereocenters. The van der Waals surface area contributed by atoms with Gasteiger partial charge in [0, 0.05) is 5.39 Å². The summed E-state index contributed by atoms with van der Waals surface area (Å²) in [4.78, 5) is 0. The topological polar surface area (TPSA) is 17.8 Å². The summed E-state index contributed by atoms with van der Waals surface area (Å²) in [7, 11) is 0. The summed E-state index contributed by atoms with van der Waals surface area (Å²) >= 11 is 0. The molecule has 0 amide bonds. The van der Waals surface area contributed by atoms with Gasteiger partial charge in [-0.15, -0.1) is 0 Å². The third-order valence-electron chi connectivity index (χ3n) is 3.08. The summed E-state index contributed by atoms with van der Waals surface area (Å²) in [6.45, 7) is 4.43. The van der Waals surface area contributed by atoms with Gasteiger partial charge in [0.1, 0.15) is 0 Å². The smallest absolute Gasteiger partial charge is 0.0728 e. The number of hydrogen-bond acceptors (Lipinski definition) is 1. The first-order valence-corrected chi connectivity index (χ1v) is 5.74. The first-order valence-electron chi connectivity index (χ1n) is 5.74. The summed E-state index contributed by atoms with van der Waals surface area (Å²) in [5, 5.41) is 6.10. The molecule has 0 N–H and O–H groups in total. The Kier molecular flexibility index (Phi) is 1.84. The van der Waals surface area contributed by atoms with E-state index in [0.717, 1.165) is 0 Å². The summed E-state index contributed by atoms with van der Waals surface area (Å²) in [5.74, 6) is 0.509. The highest BCUT2D eigenvalue weighted by Gasteiger charge is 2.27. The average molecular weight is 200 g/mol. The molecule has 1 saturated carbocycles. The minimum Gasteiger partial charge on any atom is -0.262 e. The molecular weight excluding hydrogens is 184 g/mol. The number of nitrogens with zero attached hydrogens (tertiary/aromatic N) is 2. The Labute approximate surface area is 89.9 Å². The molecule has 0 unspecified atom stereocenters. The molecule has 2 aromatic rings. The van der Waals surface area contributed by atoms with Crippen LogP contribution in [0.25, 0.3) is 10.9 Å². The highest BCUT2D eigenvalue weighted by atomic mass is 15.3. The van der Waals surface area contributed by atoms with Crippen LogP contribution in [-0.4, -0.2) is 9.78 Å². The lowest BCUT2D eigenvalue weighted by molar-refractivity contribution is 0.639. The Hall–Kier alpha value is -1.31. The molecule has 1 aromatic carbocycles. The van der Waals surface area contributed by atoms with Gasteiger partial charge in [-0.3, -0.25) is 4.68 Å². The van der Waals surface area contributed by atoms with Gasteiger partial charge in [-0.2, -0.15) is 5.10 Å². The Bertz CT molecular complexity index is 456. The number of benzene rings is 1. The maximum absolute atomic E-state index is 4.77. The van der Waals surface area contributed by atoms with E-state index in [1.807, 2.05) is 0 Å². The van der Waals surface area contributed by atoms with E-state index in [4.69, 9.17) is 5.10 Å². The molecule has 1 fully saturated rings. The lowest BCUT2D eigenvalue weighted by atomic mass is 10.1. The van der Waals surface area contributed by atoms with Crippen molar-refractivity contribution in [1.82, 2.24) is 9.78 Å². The molecule has 78 valence electrons. The molecule has 1 aliphatic rings. The second-order valence-corrected chi connectivity index (χ2v) is 4.73. The van der Waals surface area contributed by atoms with Crippen LogP contribution in [0.2, 0.25) is 0 Å². The number of aromatic nitrogens is 2. The minimum absolute atomic E-state index is 0.509. The molecule has 0 spiro atoms. The SMILES string of the molecule is CC(C)c1nn(C2CC2)c2ccccc12. The first kappa shape index (κ1) is 8.96. The maximum atomic E-state index is 4.77. The molecule has 0 radical (unpaired) electrons. The van der Waals surface area contributed by atoms with Crippen molar-refractivity contribution in [2.75, 3.05) is 0 Å². The van der Waals surface area contributed by atoms with Crippen LogP contribution in [0.5, 0.6) is 0 Å². The van der Waals surface area contributed by atoms with Crippen molar-refractivity contribution in [3.05, 3.63) is 30.0 Å². The van der Waals surface area contributed by atoms with E-state index in [0.29, 0.717) is 12.0 Å². The van der Waals surface area contributed by atoms with Gasteiger partial charge in [0.25, 0.3) is 0 Å². The minimum atomic E-state index is 0.509. The predicted molar refractivity (Wildman–Crippen MR) is 62.1 cm³/mol. The standard InChI is InChI=1S/C13H16N2/c1-9(2)13-11-5-3-4-6-12(11)15(14-13)10-7-8-10/h3-6,9-10H,7-8H2,1-2H3. The molecule has 0 aliphatic heterocycles. The van der Waals surface area contributed by atoms with Crippen LogP contribution >= 0.6 is 0 Å². The molecule has 3 rings (SSSR count). The van der Waals surface area contributed by atoms with Crippen LogP contribution < -0.4 is 0 Å². The number of para-hydroxylation sites is 1. The second kappa shape index (κ2) is 3.09. The normalized spacial score (nSPS) is 16.5. The second-order valence-electron chi connectivity index (χ2n) is 4.73. The summed E-state index contributed by atoms with van der Waals surface area (Å²) in [6, 6.07) is 9.26. The van der Waals surface area contributed by atoms with Gasteiger partial charge in [-0.25, -0.2) is 0 Å². The van der Waals surface area contributed by atoms with Crippen molar-refractivity contribution in [2.45, 2.75) is 38.6 Å². The molecule has 0 bridgehead atoms. The van der Waals surface area contributed by atoms with E-state index >= 15 is 0 Å². The van der Waals surface area contributed by atoms with Gasteiger partial charge in [0.05, 0.1) is 17.3 Å². The Morgan fingerprint density at radius 1 is 1.27 bits per heavy atom. The van der Waals surface area contributed by atoms with Crippen LogP contribution in [0.1, 0.15) is 44.3 Å². The molecule has 1 heterocycles. The van der Waals surface area contributed by atoms with Gasteiger partial charge in [-0.05, 0) is 24.8 Å². The van der Waals surface area contributed by atoms with Crippen molar-refractivity contribution in [1.29, 1.82) is 0 Å².